The summed E-state index contributed by atoms with van der Waals surface area (Å²) < 4.78 is 16.7. The van der Waals surface area contributed by atoms with Crippen molar-refractivity contribution in [3.63, 3.8) is 0 Å². The lowest BCUT2D eigenvalue weighted by Crippen LogP contribution is -2.09. The van der Waals surface area contributed by atoms with E-state index in [1.807, 2.05) is 18.2 Å². The molecule has 4 heteroatoms. The summed E-state index contributed by atoms with van der Waals surface area (Å²) in [5.41, 5.74) is 0.819. The van der Waals surface area contributed by atoms with E-state index in [9.17, 15) is 5.11 Å². The molecule has 0 spiro atoms. The van der Waals surface area contributed by atoms with Crippen molar-refractivity contribution in [3.05, 3.63) is 23.8 Å². The molecular formula is C15H20O4. The van der Waals surface area contributed by atoms with Gasteiger partial charge >= 0.3 is 0 Å². The van der Waals surface area contributed by atoms with Crippen molar-refractivity contribution in [1.29, 1.82) is 0 Å². The van der Waals surface area contributed by atoms with Gasteiger partial charge in [-0.15, -0.1) is 0 Å². The summed E-state index contributed by atoms with van der Waals surface area (Å²) in [5, 5.41) is 10.1. The monoisotopic (exact) mass is 264 g/mol. The molecule has 1 N–H and O–H groups in total. The lowest BCUT2D eigenvalue weighted by Gasteiger charge is -2.14. The van der Waals surface area contributed by atoms with Crippen molar-refractivity contribution in [2.45, 2.75) is 25.4 Å². The average Bonchev–Trinajstić information content (AvgIpc) is 3.24. The Labute approximate surface area is 113 Å². The number of aliphatic hydroxyl groups excluding tert-OH is 1. The third-order valence-corrected chi connectivity index (χ3v) is 3.48. The molecule has 1 fully saturated rings. The van der Waals surface area contributed by atoms with E-state index in [1.54, 1.807) is 0 Å². The average molecular weight is 264 g/mol. The summed E-state index contributed by atoms with van der Waals surface area (Å²) >= 11 is 0. The lowest BCUT2D eigenvalue weighted by atomic mass is 10.1. The van der Waals surface area contributed by atoms with Gasteiger partial charge in [-0.1, -0.05) is 6.07 Å². The van der Waals surface area contributed by atoms with Crippen LogP contribution in [-0.2, 0) is 4.74 Å². The van der Waals surface area contributed by atoms with Crippen molar-refractivity contribution in [3.8, 4) is 11.5 Å². The molecule has 1 saturated carbocycles. The lowest BCUT2D eigenvalue weighted by molar-refractivity contribution is 0.0314. The van der Waals surface area contributed by atoms with Crippen molar-refractivity contribution in [2.75, 3.05) is 26.4 Å². The molecule has 0 bridgehead atoms. The minimum Gasteiger partial charge on any atom is -0.490 e. The normalized spacial score (nSPS) is 19.8. The van der Waals surface area contributed by atoms with Crippen LogP contribution >= 0.6 is 0 Å². The van der Waals surface area contributed by atoms with Gasteiger partial charge in [-0.3, -0.25) is 0 Å². The fraction of sp³-hybridized carbons (Fsp3) is 0.600. The maximum Gasteiger partial charge on any atom is 0.161 e. The minimum atomic E-state index is -0.601. The molecule has 3 rings (SSSR count). The van der Waals surface area contributed by atoms with Crippen LogP contribution in [-0.4, -0.2) is 31.5 Å². The Hall–Kier alpha value is -1.26. The van der Waals surface area contributed by atoms with Crippen molar-refractivity contribution < 1.29 is 19.3 Å². The number of hydrogen-bond acceptors (Lipinski definition) is 4. The molecule has 4 nitrogen and oxygen atoms in total. The van der Waals surface area contributed by atoms with Gasteiger partial charge in [-0.2, -0.15) is 0 Å². The highest BCUT2D eigenvalue weighted by molar-refractivity contribution is 5.44. The largest absolute Gasteiger partial charge is 0.490 e. The third-order valence-electron chi connectivity index (χ3n) is 3.48. The van der Waals surface area contributed by atoms with E-state index < -0.39 is 6.10 Å². The SMILES string of the molecule is OC(COCC1CC1)c1ccc2c(c1)OCCCO2. The van der Waals surface area contributed by atoms with Gasteiger partial charge < -0.3 is 19.3 Å². The Morgan fingerprint density at radius 3 is 2.79 bits per heavy atom. The zero-order valence-corrected chi connectivity index (χ0v) is 11.0. The Morgan fingerprint density at radius 1 is 1.21 bits per heavy atom. The molecule has 1 aromatic carbocycles. The second kappa shape index (κ2) is 5.80. The maximum atomic E-state index is 10.1. The van der Waals surface area contributed by atoms with Gasteiger partial charge in [0.2, 0.25) is 0 Å². The predicted octanol–water partition coefficient (Wildman–Crippen LogP) is 2.31. The van der Waals surface area contributed by atoms with Gasteiger partial charge in [0.15, 0.2) is 11.5 Å². The Bertz CT molecular complexity index is 428. The van der Waals surface area contributed by atoms with Gasteiger partial charge in [0.25, 0.3) is 0 Å². The first-order chi connectivity index (χ1) is 9.33. The molecule has 1 heterocycles. The summed E-state index contributed by atoms with van der Waals surface area (Å²) in [6.07, 6.45) is 2.81. The molecule has 1 aliphatic heterocycles. The molecule has 0 aromatic heterocycles. The van der Waals surface area contributed by atoms with E-state index in [2.05, 4.69) is 0 Å². The van der Waals surface area contributed by atoms with Crippen LogP contribution in [0.1, 0.15) is 30.9 Å². The summed E-state index contributed by atoms with van der Waals surface area (Å²) in [7, 11) is 0. The number of benzene rings is 1. The summed E-state index contributed by atoms with van der Waals surface area (Å²) in [6.45, 7) is 2.45. The zero-order chi connectivity index (χ0) is 13.1. The van der Waals surface area contributed by atoms with Crippen LogP contribution in [0.5, 0.6) is 11.5 Å². The van der Waals surface area contributed by atoms with E-state index >= 15 is 0 Å². The Balaban J connectivity index is 1.61. The second-order valence-corrected chi connectivity index (χ2v) is 5.25. The maximum absolute atomic E-state index is 10.1. The highest BCUT2D eigenvalue weighted by Crippen LogP contribution is 2.33. The van der Waals surface area contributed by atoms with Gasteiger partial charge in [0.05, 0.1) is 19.8 Å². The molecule has 2 aliphatic rings. The van der Waals surface area contributed by atoms with Crippen LogP contribution in [0.2, 0.25) is 0 Å². The van der Waals surface area contributed by atoms with E-state index in [-0.39, 0.29) is 0 Å². The minimum absolute atomic E-state index is 0.343. The van der Waals surface area contributed by atoms with Gasteiger partial charge in [-0.25, -0.2) is 0 Å². The molecule has 1 atom stereocenters. The van der Waals surface area contributed by atoms with Crippen LogP contribution < -0.4 is 9.47 Å². The summed E-state index contributed by atoms with van der Waals surface area (Å²) in [5.74, 6) is 2.19. The first-order valence-electron chi connectivity index (χ1n) is 6.98. The van der Waals surface area contributed by atoms with Crippen LogP contribution in [0.3, 0.4) is 0 Å². The molecule has 0 saturated heterocycles. The van der Waals surface area contributed by atoms with Crippen LogP contribution in [0.25, 0.3) is 0 Å². The Morgan fingerprint density at radius 2 is 2.00 bits per heavy atom. The third kappa shape index (κ3) is 3.39. The van der Waals surface area contributed by atoms with Crippen molar-refractivity contribution in [1.82, 2.24) is 0 Å². The van der Waals surface area contributed by atoms with Crippen LogP contribution in [0, 0.1) is 5.92 Å². The number of aliphatic hydroxyl groups is 1. The van der Waals surface area contributed by atoms with E-state index in [0.717, 1.165) is 36.0 Å². The first kappa shape index (κ1) is 12.8. The molecule has 104 valence electrons. The highest BCUT2D eigenvalue weighted by atomic mass is 16.5. The predicted molar refractivity (Wildman–Crippen MR) is 70.6 cm³/mol. The van der Waals surface area contributed by atoms with E-state index in [4.69, 9.17) is 14.2 Å². The van der Waals surface area contributed by atoms with Gasteiger partial charge in [0, 0.05) is 13.0 Å². The zero-order valence-electron chi connectivity index (χ0n) is 11.0. The van der Waals surface area contributed by atoms with E-state index in [0.29, 0.717) is 19.8 Å². The van der Waals surface area contributed by atoms with E-state index in [1.165, 1.54) is 12.8 Å². The van der Waals surface area contributed by atoms with Gasteiger partial charge in [0.1, 0.15) is 6.10 Å². The quantitative estimate of drug-likeness (QED) is 0.886. The number of ether oxygens (including phenoxy) is 3. The standard InChI is InChI=1S/C15H20O4/c16-13(10-17-9-11-2-3-11)12-4-5-14-15(8-12)19-7-1-6-18-14/h4-5,8,11,13,16H,1-3,6-7,9-10H2. The van der Waals surface area contributed by atoms with Crippen LogP contribution in [0.15, 0.2) is 18.2 Å². The number of hydrogen-bond donors (Lipinski definition) is 1. The molecule has 1 aliphatic carbocycles. The van der Waals surface area contributed by atoms with Crippen molar-refractivity contribution in [2.24, 2.45) is 5.92 Å². The molecule has 1 aromatic rings. The van der Waals surface area contributed by atoms with Crippen LogP contribution in [0.4, 0.5) is 0 Å². The number of rotatable bonds is 5. The number of fused-ring (bicyclic) bond motifs is 1. The molecule has 19 heavy (non-hydrogen) atoms. The fourth-order valence-corrected chi connectivity index (χ4v) is 2.11. The molecule has 1 unspecified atom stereocenters. The second-order valence-electron chi connectivity index (χ2n) is 5.25. The summed E-state index contributed by atoms with van der Waals surface area (Å²) in [6, 6.07) is 5.59. The molecule has 0 amide bonds. The molecular weight excluding hydrogens is 244 g/mol. The molecule has 0 radical (unpaired) electrons. The summed E-state index contributed by atoms with van der Waals surface area (Å²) in [4.78, 5) is 0. The van der Waals surface area contributed by atoms with Crippen molar-refractivity contribution >= 4 is 0 Å². The van der Waals surface area contributed by atoms with Gasteiger partial charge in [-0.05, 0) is 36.5 Å². The Kier molecular flexibility index (Phi) is 3.89. The topological polar surface area (TPSA) is 47.9 Å². The fourth-order valence-electron chi connectivity index (χ4n) is 2.11. The smallest absolute Gasteiger partial charge is 0.161 e. The first-order valence-corrected chi connectivity index (χ1v) is 6.98. The highest BCUT2D eigenvalue weighted by Gasteiger charge is 2.22.